The van der Waals surface area contributed by atoms with Gasteiger partial charge in [0.25, 0.3) is 0 Å². The van der Waals surface area contributed by atoms with Gasteiger partial charge < -0.3 is 30.0 Å². The smallest absolute Gasteiger partial charge is 0.308 e. The van der Waals surface area contributed by atoms with Gasteiger partial charge in [-0.2, -0.15) is 0 Å². The monoisotopic (exact) mass is 551 g/mol. The number of carboxylic acids is 1. The molecule has 2 fully saturated rings. The molecule has 2 aromatic carbocycles. The van der Waals surface area contributed by atoms with Crippen LogP contribution in [-0.2, 0) is 32.0 Å². The molecular formula is C31H41N3O6. The Balaban J connectivity index is 1.42. The molecule has 3 N–H and O–H groups in total. The highest BCUT2D eigenvalue weighted by atomic mass is 16.7. The van der Waals surface area contributed by atoms with E-state index in [1.807, 2.05) is 41.3 Å². The van der Waals surface area contributed by atoms with Crippen LogP contribution in [-0.4, -0.2) is 73.7 Å². The molecular weight excluding hydrogens is 510 g/mol. The molecule has 1 amide bonds. The van der Waals surface area contributed by atoms with Crippen LogP contribution >= 0.6 is 0 Å². The number of likely N-dealkylation sites (tertiary alicyclic amines) is 1. The average Bonchev–Trinajstić information content (AvgIpc) is 3.72. The molecule has 216 valence electrons. The van der Waals surface area contributed by atoms with Gasteiger partial charge in [-0.1, -0.05) is 37.6 Å². The zero-order valence-electron chi connectivity index (χ0n) is 23.3. The summed E-state index contributed by atoms with van der Waals surface area (Å²) in [5, 5.41) is 10.5. The Bertz CT molecular complexity index is 1180. The van der Waals surface area contributed by atoms with Crippen molar-refractivity contribution in [2.24, 2.45) is 11.7 Å². The van der Waals surface area contributed by atoms with Gasteiger partial charge in [-0.15, -0.1) is 0 Å². The molecule has 9 heteroatoms. The molecule has 0 aliphatic carbocycles. The Labute approximate surface area is 236 Å². The van der Waals surface area contributed by atoms with Crippen LogP contribution in [0.25, 0.3) is 0 Å². The summed E-state index contributed by atoms with van der Waals surface area (Å²) in [5.74, 6) is -0.893. The van der Waals surface area contributed by atoms with Crippen molar-refractivity contribution in [1.82, 2.24) is 4.90 Å². The van der Waals surface area contributed by atoms with E-state index in [1.165, 1.54) is 0 Å². The third-order valence-electron chi connectivity index (χ3n) is 8.40. The number of carboxylic acid groups (broad SMARTS) is 1. The third kappa shape index (κ3) is 6.33. The Morgan fingerprint density at radius 1 is 1.10 bits per heavy atom. The number of carbonyl (C=O) groups is 2. The molecule has 0 spiro atoms. The zero-order chi connectivity index (χ0) is 28.1. The number of anilines is 1. The molecule has 0 radical (unpaired) electrons. The second-order valence-electron chi connectivity index (χ2n) is 11.0. The third-order valence-corrected chi connectivity index (χ3v) is 8.40. The molecule has 2 saturated heterocycles. The predicted octanol–water partition coefficient (Wildman–Crippen LogP) is 3.54. The number of aliphatic carboxylic acids is 1. The fraction of sp³-hybridized carbons (Fsp3) is 0.548. The lowest BCUT2D eigenvalue weighted by molar-refractivity contribution is -0.143. The molecule has 5 rings (SSSR count). The number of hydrogen-bond donors (Lipinski definition) is 2. The van der Waals surface area contributed by atoms with Crippen LogP contribution in [0, 0.1) is 5.92 Å². The highest BCUT2D eigenvalue weighted by Crippen LogP contribution is 2.41. The van der Waals surface area contributed by atoms with Gasteiger partial charge in [0.05, 0.1) is 32.3 Å². The summed E-state index contributed by atoms with van der Waals surface area (Å²) in [6.45, 7) is 5.48. The number of hydrogen-bond acceptors (Lipinski definition) is 7. The number of fused-ring (bicyclic) bond motifs is 1. The second-order valence-corrected chi connectivity index (χ2v) is 11.0. The summed E-state index contributed by atoms with van der Waals surface area (Å²) < 4.78 is 17.0. The van der Waals surface area contributed by atoms with Gasteiger partial charge >= 0.3 is 5.97 Å². The highest BCUT2D eigenvalue weighted by Gasteiger charge is 2.47. The number of benzene rings is 2. The topological polar surface area (TPSA) is 115 Å². The summed E-state index contributed by atoms with van der Waals surface area (Å²) in [6, 6.07) is 13.5. The van der Waals surface area contributed by atoms with Gasteiger partial charge in [0.15, 0.2) is 6.29 Å². The van der Waals surface area contributed by atoms with Crippen LogP contribution in [0.5, 0.6) is 5.75 Å². The molecule has 0 bridgehead atoms. The molecule has 9 nitrogen and oxygen atoms in total. The minimum absolute atomic E-state index is 0.0341. The molecule has 3 aliphatic rings. The largest absolute Gasteiger partial charge is 0.493 e. The standard InChI is InChI=1S/C31H41N3O6/c1-2-3-12-34(24-6-4-5-21(16-24)18-32)28(35)20-33-19-25(22-7-9-27-23(17-22)11-13-38-27)30(31(36)37)26(33)8-10-29-39-14-15-40-29/h4-7,9,16-17,25-26,29-30H,2-3,8,10-15,18-20,32H2,1H3,(H,36,37). The lowest BCUT2D eigenvalue weighted by Gasteiger charge is -2.30. The number of amides is 1. The van der Waals surface area contributed by atoms with Gasteiger partial charge in [0.2, 0.25) is 5.91 Å². The van der Waals surface area contributed by atoms with Gasteiger partial charge in [0.1, 0.15) is 5.75 Å². The maximum atomic E-state index is 13.9. The van der Waals surface area contributed by atoms with Crippen LogP contribution in [0.3, 0.4) is 0 Å². The van der Waals surface area contributed by atoms with Gasteiger partial charge in [0, 0.05) is 43.7 Å². The number of nitrogens with zero attached hydrogens (tertiary/aromatic N) is 2. The fourth-order valence-electron chi connectivity index (χ4n) is 6.33. The lowest BCUT2D eigenvalue weighted by atomic mass is 9.83. The summed E-state index contributed by atoms with van der Waals surface area (Å²) in [7, 11) is 0. The van der Waals surface area contributed by atoms with E-state index in [0.29, 0.717) is 52.3 Å². The fourth-order valence-corrected chi connectivity index (χ4v) is 6.33. The van der Waals surface area contributed by atoms with Crippen molar-refractivity contribution in [3.63, 3.8) is 0 Å². The number of unbranched alkanes of at least 4 members (excludes halogenated alkanes) is 1. The molecule has 3 heterocycles. The minimum atomic E-state index is -0.839. The lowest BCUT2D eigenvalue weighted by Crippen LogP contribution is -2.44. The van der Waals surface area contributed by atoms with Crippen molar-refractivity contribution in [3.05, 3.63) is 59.2 Å². The first-order valence-corrected chi connectivity index (χ1v) is 14.5. The molecule has 0 saturated carbocycles. The van der Waals surface area contributed by atoms with Crippen molar-refractivity contribution in [2.45, 2.75) is 63.8 Å². The van der Waals surface area contributed by atoms with Gasteiger partial charge in [-0.05, 0) is 54.2 Å². The van der Waals surface area contributed by atoms with Crippen LogP contribution < -0.4 is 15.4 Å². The Kier molecular flexibility index (Phi) is 9.36. The first kappa shape index (κ1) is 28.5. The summed E-state index contributed by atoms with van der Waals surface area (Å²) in [6.07, 6.45) is 3.47. The van der Waals surface area contributed by atoms with E-state index in [1.54, 1.807) is 0 Å². The Morgan fingerprint density at radius 3 is 2.67 bits per heavy atom. The van der Waals surface area contributed by atoms with Crippen molar-refractivity contribution in [2.75, 3.05) is 44.4 Å². The number of carbonyl (C=O) groups excluding carboxylic acids is 1. The molecule has 40 heavy (non-hydrogen) atoms. The van der Waals surface area contributed by atoms with E-state index in [-0.39, 0.29) is 30.7 Å². The molecule has 3 atom stereocenters. The van der Waals surface area contributed by atoms with Crippen LogP contribution in [0.2, 0.25) is 0 Å². The predicted molar refractivity (Wildman–Crippen MR) is 151 cm³/mol. The first-order valence-electron chi connectivity index (χ1n) is 14.5. The van der Waals surface area contributed by atoms with E-state index in [0.717, 1.165) is 47.4 Å². The SMILES string of the molecule is CCCCN(C(=O)CN1CC(c2ccc3c(c2)CCO3)C(C(=O)O)C1CCC1OCCO1)c1cccc(CN)c1. The number of nitrogens with two attached hydrogens (primary N) is 1. The number of ether oxygens (including phenoxy) is 3. The molecule has 3 aliphatic heterocycles. The molecule has 0 aromatic heterocycles. The zero-order valence-corrected chi connectivity index (χ0v) is 23.3. The van der Waals surface area contributed by atoms with Crippen molar-refractivity contribution in [3.8, 4) is 5.75 Å². The highest BCUT2D eigenvalue weighted by molar-refractivity contribution is 5.95. The van der Waals surface area contributed by atoms with Crippen LogP contribution in [0.1, 0.15) is 55.2 Å². The maximum Gasteiger partial charge on any atom is 0.308 e. The quantitative estimate of drug-likeness (QED) is 0.412. The van der Waals surface area contributed by atoms with Crippen molar-refractivity contribution >= 4 is 17.6 Å². The van der Waals surface area contributed by atoms with Crippen LogP contribution in [0.4, 0.5) is 5.69 Å². The van der Waals surface area contributed by atoms with E-state index < -0.39 is 11.9 Å². The minimum Gasteiger partial charge on any atom is -0.493 e. The first-order chi connectivity index (χ1) is 19.5. The van der Waals surface area contributed by atoms with Crippen molar-refractivity contribution in [1.29, 1.82) is 0 Å². The number of rotatable bonds is 12. The summed E-state index contributed by atoms with van der Waals surface area (Å²) >= 11 is 0. The second kappa shape index (κ2) is 13.1. The molecule has 2 aromatic rings. The molecule has 3 unspecified atom stereocenters. The van der Waals surface area contributed by atoms with E-state index >= 15 is 0 Å². The summed E-state index contributed by atoms with van der Waals surface area (Å²) in [4.78, 5) is 30.6. The summed E-state index contributed by atoms with van der Waals surface area (Å²) in [5.41, 5.74) is 9.78. The van der Waals surface area contributed by atoms with E-state index in [4.69, 9.17) is 19.9 Å². The van der Waals surface area contributed by atoms with Gasteiger partial charge in [-0.3, -0.25) is 14.5 Å². The normalized spacial score (nSPS) is 22.8. The van der Waals surface area contributed by atoms with Crippen molar-refractivity contribution < 1.29 is 28.9 Å². The maximum absolute atomic E-state index is 13.9. The van der Waals surface area contributed by atoms with Crippen LogP contribution in [0.15, 0.2) is 42.5 Å². The Morgan fingerprint density at radius 2 is 1.93 bits per heavy atom. The average molecular weight is 552 g/mol. The Hall–Kier alpha value is -2.98. The van der Waals surface area contributed by atoms with E-state index in [2.05, 4.69) is 17.9 Å². The van der Waals surface area contributed by atoms with E-state index in [9.17, 15) is 14.7 Å². The van der Waals surface area contributed by atoms with Gasteiger partial charge in [-0.25, -0.2) is 0 Å².